The second kappa shape index (κ2) is 6.93. The fourth-order valence-corrected chi connectivity index (χ4v) is 4.60. The van der Waals surface area contributed by atoms with Crippen LogP contribution in [0, 0.1) is 5.92 Å². The fraction of sp³-hybridized carbons (Fsp3) is 0.684. The molecule has 21 heavy (non-hydrogen) atoms. The van der Waals surface area contributed by atoms with E-state index in [1.165, 1.54) is 51.6 Å². The van der Waals surface area contributed by atoms with Crippen LogP contribution in [-0.2, 0) is 6.42 Å². The fourth-order valence-electron chi connectivity index (χ4n) is 4.60. The average molecular weight is 286 g/mol. The highest BCUT2D eigenvalue weighted by Crippen LogP contribution is 2.35. The first-order valence-electron chi connectivity index (χ1n) is 8.85. The van der Waals surface area contributed by atoms with Crippen molar-refractivity contribution in [2.24, 2.45) is 11.7 Å². The molecule has 1 aromatic carbocycles. The summed E-state index contributed by atoms with van der Waals surface area (Å²) in [6.07, 6.45) is 8.03. The van der Waals surface area contributed by atoms with Crippen LogP contribution < -0.4 is 5.73 Å². The van der Waals surface area contributed by atoms with Crippen LogP contribution in [0.4, 0.5) is 0 Å². The molecule has 0 amide bonds. The summed E-state index contributed by atoms with van der Waals surface area (Å²) >= 11 is 0. The number of hydrogen-bond donors (Lipinski definition) is 1. The van der Waals surface area contributed by atoms with Gasteiger partial charge in [0.15, 0.2) is 0 Å². The van der Waals surface area contributed by atoms with Gasteiger partial charge in [0.25, 0.3) is 0 Å². The molecule has 1 aromatic rings. The van der Waals surface area contributed by atoms with Gasteiger partial charge >= 0.3 is 0 Å². The summed E-state index contributed by atoms with van der Waals surface area (Å²) in [5.41, 5.74) is 9.20. The van der Waals surface area contributed by atoms with Crippen molar-refractivity contribution in [2.75, 3.05) is 19.6 Å². The third-order valence-electron chi connectivity index (χ3n) is 5.75. The number of hydrogen-bond acceptors (Lipinski definition) is 2. The van der Waals surface area contributed by atoms with E-state index in [0.717, 1.165) is 24.4 Å². The van der Waals surface area contributed by atoms with Gasteiger partial charge in [0.1, 0.15) is 0 Å². The van der Waals surface area contributed by atoms with Gasteiger partial charge in [0.05, 0.1) is 0 Å². The monoisotopic (exact) mass is 286 g/mol. The van der Waals surface area contributed by atoms with Crippen molar-refractivity contribution in [2.45, 2.75) is 57.4 Å². The van der Waals surface area contributed by atoms with Crippen molar-refractivity contribution in [1.82, 2.24) is 4.90 Å². The van der Waals surface area contributed by atoms with Gasteiger partial charge in [-0.15, -0.1) is 0 Å². The van der Waals surface area contributed by atoms with Crippen molar-refractivity contribution < 1.29 is 0 Å². The summed E-state index contributed by atoms with van der Waals surface area (Å²) in [7, 11) is 0. The number of fused-ring (bicyclic) bond motifs is 1. The van der Waals surface area contributed by atoms with Crippen LogP contribution in [0.5, 0.6) is 0 Å². The first kappa shape index (κ1) is 15.1. The molecule has 0 heterocycles. The zero-order chi connectivity index (χ0) is 14.7. The zero-order valence-electron chi connectivity index (χ0n) is 13.4. The van der Waals surface area contributed by atoms with E-state index in [2.05, 4.69) is 36.1 Å². The van der Waals surface area contributed by atoms with Gasteiger partial charge in [-0.2, -0.15) is 0 Å². The number of nitrogens with zero attached hydrogens (tertiary/aromatic N) is 1. The van der Waals surface area contributed by atoms with E-state index in [-0.39, 0.29) is 0 Å². The molecule has 2 aliphatic rings. The molecular weight excluding hydrogens is 256 g/mol. The predicted molar refractivity (Wildman–Crippen MR) is 89.6 cm³/mol. The summed E-state index contributed by atoms with van der Waals surface area (Å²) in [6, 6.07) is 9.83. The molecule has 116 valence electrons. The number of aryl methyl sites for hydroxylation is 1. The summed E-state index contributed by atoms with van der Waals surface area (Å²) in [5, 5.41) is 0. The highest BCUT2D eigenvalue weighted by molar-refractivity contribution is 5.32. The molecule has 0 spiro atoms. The Hall–Kier alpha value is -0.860. The molecule has 2 N–H and O–H groups in total. The van der Waals surface area contributed by atoms with Gasteiger partial charge in [-0.25, -0.2) is 0 Å². The minimum absolute atomic E-state index is 0.726. The van der Waals surface area contributed by atoms with Crippen molar-refractivity contribution >= 4 is 0 Å². The number of rotatable bonds is 5. The zero-order valence-corrected chi connectivity index (χ0v) is 13.4. The van der Waals surface area contributed by atoms with E-state index < -0.39 is 0 Å². The topological polar surface area (TPSA) is 29.3 Å². The molecule has 2 nitrogen and oxygen atoms in total. The van der Waals surface area contributed by atoms with Crippen molar-refractivity contribution in [3.05, 3.63) is 35.4 Å². The molecule has 0 saturated heterocycles. The summed E-state index contributed by atoms with van der Waals surface area (Å²) in [5.74, 6) is 1.46. The largest absolute Gasteiger partial charge is 0.330 e. The van der Waals surface area contributed by atoms with Gasteiger partial charge in [0, 0.05) is 12.6 Å². The molecule has 0 aliphatic heterocycles. The summed E-state index contributed by atoms with van der Waals surface area (Å²) in [4.78, 5) is 2.73. The Kier molecular flexibility index (Phi) is 4.97. The smallest absolute Gasteiger partial charge is 0.0136 e. The lowest BCUT2D eigenvalue weighted by Gasteiger charge is -2.36. The van der Waals surface area contributed by atoms with E-state index in [0.29, 0.717) is 0 Å². The van der Waals surface area contributed by atoms with Crippen molar-refractivity contribution in [3.63, 3.8) is 0 Å². The van der Waals surface area contributed by atoms with Crippen molar-refractivity contribution in [3.8, 4) is 0 Å². The molecule has 3 rings (SSSR count). The van der Waals surface area contributed by atoms with E-state index in [1.54, 1.807) is 11.1 Å². The molecule has 1 fully saturated rings. The van der Waals surface area contributed by atoms with Gasteiger partial charge in [0.2, 0.25) is 0 Å². The van der Waals surface area contributed by atoms with E-state index in [4.69, 9.17) is 5.73 Å². The van der Waals surface area contributed by atoms with Crippen LogP contribution in [0.2, 0.25) is 0 Å². The Bertz CT molecular complexity index is 457. The second-order valence-electron chi connectivity index (χ2n) is 6.87. The van der Waals surface area contributed by atoms with Crippen LogP contribution in [0.3, 0.4) is 0 Å². The normalized spacial score (nSPS) is 28.8. The predicted octanol–water partition coefficient (Wildman–Crippen LogP) is 3.56. The Labute approximate surface area is 129 Å². The van der Waals surface area contributed by atoms with Gasteiger partial charge in [-0.3, -0.25) is 4.90 Å². The number of likely N-dealkylation sites (N-methyl/N-ethyl adjacent to an activating group) is 1. The molecule has 2 aliphatic carbocycles. The van der Waals surface area contributed by atoms with Crippen LogP contribution in [-0.4, -0.2) is 30.6 Å². The third-order valence-corrected chi connectivity index (χ3v) is 5.75. The maximum atomic E-state index is 6.00. The van der Waals surface area contributed by atoms with Crippen LogP contribution >= 0.6 is 0 Å². The minimum atomic E-state index is 0.726. The third kappa shape index (κ3) is 3.17. The quantitative estimate of drug-likeness (QED) is 0.897. The van der Waals surface area contributed by atoms with Crippen LogP contribution in [0.15, 0.2) is 24.3 Å². The highest BCUT2D eigenvalue weighted by Gasteiger charge is 2.32. The lowest BCUT2D eigenvalue weighted by Crippen LogP contribution is -2.42. The molecule has 2 heteroatoms. The molecule has 0 bridgehead atoms. The first-order valence-corrected chi connectivity index (χ1v) is 8.85. The molecule has 0 radical (unpaired) electrons. The highest BCUT2D eigenvalue weighted by atomic mass is 15.2. The van der Waals surface area contributed by atoms with Gasteiger partial charge in [-0.05, 0) is 68.2 Å². The van der Waals surface area contributed by atoms with Crippen LogP contribution in [0.25, 0.3) is 0 Å². The lowest BCUT2D eigenvalue weighted by molar-refractivity contribution is 0.156. The van der Waals surface area contributed by atoms with Gasteiger partial charge < -0.3 is 5.73 Å². The maximum Gasteiger partial charge on any atom is 0.0136 e. The summed E-state index contributed by atoms with van der Waals surface area (Å²) < 4.78 is 0. The first-order chi connectivity index (χ1) is 10.3. The summed E-state index contributed by atoms with van der Waals surface area (Å²) in [6.45, 7) is 5.58. The van der Waals surface area contributed by atoms with Crippen molar-refractivity contribution in [1.29, 1.82) is 0 Å². The lowest BCUT2D eigenvalue weighted by atomic mass is 9.82. The molecule has 0 aromatic heterocycles. The van der Waals surface area contributed by atoms with E-state index in [9.17, 15) is 0 Å². The SMILES string of the molecule is CCN(CC1CCCc2ccccc21)C1CCCC1CN. The standard InChI is InChI=1S/C19H30N2/c1-2-21(19-12-6-9-16(19)13-20)14-17-10-5-8-15-7-3-4-11-18(15)17/h3-4,7,11,16-17,19H,2,5-6,8-10,12-14,20H2,1H3. The number of nitrogens with two attached hydrogens (primary N) is 1. The maximum absolute atomic E-state index is 6.00. The minimum Gasteiger partial charge on any atom is -0.330 e. The Balaban J connectivity index is 1.73. The Morgan fingerprint density at radius 1 is 1.14 bits per heavy atom. The van der Waals surface area contributed by atoms with E-state index >= 15 is 0 Å². The number of benzene rings is 1. The van der Waals surface area contributed by atoms with E-state index in [1.807, 2.05) is 0 Å². The Morgan fingerprint density at radius 3 is 2.81 bits per heavy atom. The molecule has 3 unspecified atom stereocenters. The second-order valence-corrected chi connectivity index (χ2v) is 6.87. The van der Waals surface area contributed by atoms with Crippen LogP contribution in [0.1, 0.15) is 56.1 Å². The average Bonchev–Trinajstić information content (AvgIpc) is 3.01. The molecule has 3 atom stereocenters. The Morgan fingerprint density at radius 2 is 2.00 bits per heavy atom. The van der Waals surface area contributed by atoms with Gasteiger partial charge in [-0.1, -0.05) is 37.6 Å². The molecule has 1 saturated carbocycles. The molecular formula is C19H30N2.